The van der Waals surface area contributed by atoms with E-state index in [1.807, 2.05) is 20.8 Å². The highest BCUT2D eigenvalue weighted by Gasteiger charge is 2.41. The molecule has 2 amide bonds. The van der Waals surface area contributed by atoms with Crippen LogP contribution in [0.1, 0.15) is 33.6 Å². The summed E-state index contributed by atoms with van der Waals surface area (Å²) in [7, 11) is 0. The second-order valence-corrected chi connectivity index (χ2v) is 6.12. The number of amides is 2. The number of benzene rings is 1. The highest BCUT2D eigenvalue weighted by atomic mass is 35.5. The molecule has 0 radical (unpaired) electrons. The summed E-state index contributed by atoms with van der Waals surface area (Å²) in [6.45, 7) is 6.09. The second-order valence-electron chi connectivity index (χ2n) is 5.69. The van der Waals surface area contributed by atoms with Crippen LogP contribution in [0.2, 0.25) is 5.02 Å². The van der Waals surface area contributed by atoms with E-state index in [9.17, 15) is 9.59 Å². The Labute approximate surface area is 124 Å². The molecule has 0 aromatic heterocycles. The lowest BCUT2D eigenvalue weighted by molar-refractivity contribution is -0.121. The Bertz CT molecular complexity index is 542. The zero-order valence-electron chi connectivity index (χ0n) is 11.9. The number of nitrogens with one attached hydrogen (secondary N) is 1. The van der Waals surface area contributed by atoms with Crippen molar-refractivity contribution in [3.8, 4) is 0 Å². The Morgan fingerprint density at radius 1 is 1.40 bits per heavy atom. The number of carbonyl (C=O) groups excluding carboxylic acids is 2. The minimum Gasteiger partial charge on any atom is -0.300 e. The molecule has 1 N–H and O–H groups in total. The third-order valence-corrected chi connectivity index (χ3v) is 3.90. The maximum absolute atomic E-state index is 12.4. The average molecular weight is 295 g/mol. The lowest BCUT2D eigenvalue weighted by Crippen LogP contribution is -2.49. The van der Waals surface area contributed by atoms with Crippen molar-refractivity contribution in [2.45, 2.75) is 45.2 Å². The predicted molar refractivity (Wildman–Crippen MR) is 79.9 cm³/mol. The van der Waals surface area contributed by atoms with E-state index in [4.69, 9.17) is 11.6 Å². The van der Waals surface area contributed by atoms with Crippen molar-refractivity contribution in [1.82, 2.24) is 5.32 Å². The van der Waals surface area contributed by atoms with E-state index < -0.39 is 6.04 Å². The summed E-state index contributed by atoms with van der Waals surface area (Å²) in [6, 6.07) is 6.33. The van der Waals surface area contributed by atoms with Crippen LogP contribution in [0.25, 0.3) is 0 Å². The average Bonchev–Trinajstić information content (AvgIpc) is 2.64. The van der Waals surface area contributed by atoms with Crippen molar-refractivity contribution < 1.29 is 9.59 Å². The minimum absolute atomic E-state index is 0.176. The summed E-state index contributed by atoms with van der Waals surface area (Å²) in [6.07, 6.45) is 1.07. The second kappa shape index (κ2) is 5.54. The Morgan fingerprint density at radius 2 is 2.10 bits per heavy atom. The molecule has 0 aliphatic carbocycles. The number of halogens is 1. The van der Waals surface area contributed by atoms with Crippen molar-refractivity contribution in [1.29, 1.82) is 0 Å². The Morgan fingerprint density at radius 3 is 2.70 bits per heavy atom. The molecule has 1 aromatic rings. The van der Waals surface area contributed by atoms with E-state index in [1.54, 1.807) is 24.3 Å². The Hall–Kier alpha value is -1.39. The molecule has 1 unspecified atom stereocenters. The van der Waals surface area contributed by atoms with Gasteiger partial charge in [-0.05, 0) is 38.5 Å². The SMILES string of the molecule is CCC(C)(C)NC1CC(=O)N(c2cccc(Cl)c2)C1=O. The van der Waals surface area contributed by atoms with Crippen molar-refractivity contribution in [2.24, 2.45) is 0 Å². The number of carbonyl (C=O) groups is 2. The molecule has 1 aromatic carbocycles. The first kappa shape index (κ1) is 15.0. The lowest BCUT2D eigenvalue weighted by atomic mass is 10.00. The van der Waals surface area contributed by atoms with Gasteiger partial charge < -0.3 is 5.32 Å². The summed E-state index contributed by atoms with van der Waals surface area (Å²) in [4.78, 5) is 25.7. The van der Waals surface area contributed by atoms with Crippen molar-refractivity contribution in [3.05, 3.63) is 29.3 Å². The number of hydrogen-bond acceptors (Lipinski definition) is 3. The highest BCUT2D eigenvalue weighted by Crippen LogP contribution is 2.26. The summed E-state index contributed by atoms with van der Waals surface area (Å²) in [5, 5.41) is 3.76. The fourth-order valence-corrected chi connectivity index (χ4v) is 2.39. The Kier molecular flexibility index (Phi) is 4.16. The third kappa shape index (κ3) is 3.02. The first-order valence-corrected chi connectivity index (χ1v) is 7.12. The summed E-state index contributed by atoms with van der Waals surface area (Å²) in [5.74, 6) is -0.402. The molecule has 0 bridgehead atoms. The topological polar surface area (TPSA) is 49.4 Å². The number of imide groups is 1. The molecule has 1 heterocycles. The molecule has 0 saturated carbocycles. The number of anilines is 1. The van der Waals surface area contributed by atoms with Gasteiger partial charge in [-0.1, -0.05) is 24.6 Å². The van der Waals surface area contributed by atoms with Gasteiger partial charge in [0.25, 0.3) is 5.91 Å². The fraction of sp³-hybridized carbons (Fsp3) is 0.467. The van der Waals surface area contributed by atoms with Gasteiger partial charge in [0.15, 0.2) is 0 Å². The van der Waals surface area contributed by atoms with Crippen LogP contribution in [0.3, 0.4) is 0 Å². The van der Waals surface area contributed by atoms with Gasteiger partial charge in [0.05, 0.1) is 18.2 Å². The van der Waals surface area contributed by atoms with Gasteiger partial charge in [-0.3, -0.25) is 9.59 Å². The van der Waals surface area contributed by atoms with Gasteiger partial charge in [-0.2, -0.15) is 0 Å². The van der Waals surface area contributed by atoms with Crippen molar-refractivity contribution in [3.63, 3.8) is 0 Å². The number of nitrogens with zero attached hydrogens (tertiary/aromatic N) is 1. The Balaban J connectivity index is 2.21. The molecular formula is C15H19ClN2O2. The van der Waals surface area contributed by atoms with Gasteiger partial charge in [-0.25, -0.2) is 4.90 Å². The van der Waals surface area contributed by atoms with Gasteiger partial charge in [0.1, 0.15) is 0 Å². The quantitative estimate of drug-likeness (QED) is 0.869. The number of rotatable bonds is 4. The largest absolute Gasteiger partial charge is 0.300 e. The number of hydrogen-bond donors (Lipinski definition) is 1. The molecule has 2 rings (SSSR count). The monoisotopic (exact) mass is 294 g/mol. The first-order chi connectivity index (χ1) is 9.34. The van der Waals surface area contributed by atoms with Crippen LogP contribution in [0.15, 0.2) is 24.3 Å². The lowest BCUT2D eigenvalue weighted by Gasteiger charge is -2.27. The molecule has 1 saturated heterocycles. The van der Waals surface area contributed by atoms with Gasteiger partial charge in [-0.15, -0.1) is 0 Å². The highest BCUT2D eigenvalue weighted by molar-refractivity contribution is 6.31. The first-order valence-electron chi connectivity index (χ1n) is 6.74. The summed E-state index contributed by atoms with van der Waals surface area (Å²) in [5.41, 5.74) is 0.358. The maximum atomic E-state index is 12.4. The predicted octanol–water partition coefficient (Wildman–Crippen LogP) is 2.75. The minimum atomic E-state index is -0.462. The molecule has 5 heteroatoms. The molecular weight excluding hydrogens is 276 g/mol. The molecule has 108 valence electrons. The molecule has 1 atom stereocenters. The standard InChI is InChI=1S/C15H19ClN2O2/c1-4-15(2,3)17-12-9-13(19)18(14(12)20)11-7-5-6-10(16)8-11/h5-8,12,17H,4,9H2,1-3H3. The van der Waals surface area contributed by atoms with E-state index in [1.165, 1.54) is 4.90 Å². The van der Waals surface area contributed by atoms with E-state index in [0.29, 0.717) is 10.7 Å². The van der Waals surface area contributed by atoms with Crippen LogP contribution in [0, 0.1) is 0 Å². The van der Waals surface area contributed by atoms with E-state index >= 15 is 0 Å². The maximum Gasteiger partial charge on any atom is 0.251 e. The molecule has 1 fully saturated rings. The van der Waals surface area contributed by atoms with Crippen LogP contribution in [-0.2, 0) is 9.59 Å². The molecule has 1 aliphatic heterocycles. The van der Waals surface area contributed by atoms with E-state index in [0.717, 1.165) is 6.42 Å². The molecule has 1 aliphatic rings. The van der Waals surface area contributed by atoms with Crippen molar-refractivity contribution in [2.75, 3.05) is 4.90 Å². The molecule has 0 spiro atoms. The van der Waals surface area contributed by atoms with Gasteiger partial charge >= 0.3 is 0 Å². The normalized spacial score (nSPS) is 19.8. The zero-order chi connectivity index (χ0) is 14.9. The van der Waals surface area contributed by atoms with Crippen LogP contribution in [-0.4, -0.2) is 23.4 Å². The zero-order valence-corrected chi connectivity index (χ0v) is 12.7. The van der Waals surface area contributed by atoms with E-state index in [2.05, 4.69) is 5.32 Å². The fourth-order valence-electron chi connectivity index (χ4n) is 2.20. The van der Waals surface area contributed by atoms with Crippen LogP contribution >= 0.6 is 11.6 Å². The smallest absolute Gasteiger partial charge is 0.251 e. The molecule has 4 nitrogen and oxygen atoms in total. The molecule has 20 heavy (non-hydrogen) atoms. The van der Waals surface area contributed by atoms with Gasteiger partial charge in [0.2, 0.25) is 5.91 Å². The third-order valence-electron chi connectivity index (χ3n) is 3.66. The summed E-state index contributed by atoms with van der Waals surface area (Å²) < 4.78 is 0. The van der Waals surface area contributed by atoms with Crippen molar-refractivity contribution >= 4 is 29.1 Å². The van der Waals surface area contributed by atoms with Crippen LogP contribution in [0.4, 0.5) is 5.69 Å². The van der Waals surface area contributed by atoms with Crippen LogP contribution in [0.5, 0.6) is 0 Å². The summed E-state index contributed by atoms with van der Waals surface area (Å²) >= 11 is 5.92. The van der Waals surface area contributed by atoms with E-state index in [-0.39, 0.29) is 23.8 Å². The van der Waals surface area contributed by atoms with Gasteiger partial charge in [0, 0.05) is 10.6 Å². The van der Waals surface area contributed by atoms with Crippen LogP contribution < -0.4 is 10.2 Å².